The van der Waals surface area contributed by atoms with E-state index in [9.17, 15) is 4.79 Å². The summed E-state index contributed by atoms with van der Waals surface area (Å²) in [5.41, 5.74) is 1.44. The van der Waals surface area contributed by atoms with Gasteiger partial charge in [-0.1, -0.05) is 17.8 Å². The van der Waals surface area contributed by atoms with Gasteiger partial charge in [-0.3, -0.25) is 9.78 Å². The minimum absolute atomic E-state index is 0.0985. The number of aliphatic imine (C=N–C) groups is 1. The second-order valence-corrected chi connectivity index (χ2v) is 6.10. The Morgan fingerprint density at radius 1 is 1.27 bits per heavy atom. The molecule has 0 aromatic carbocycles. The molecule has 2 N–H and O–H groups in total. The number of rotatable bonds is 5. The first kappa shape index (κ1) is 17.6. The summed E-state index contributed by atoms with van der Waals surface area (Å²) in [7, 11) is 0. The molecule has 0 aliphatic carbocycles. The number of nitrogens with zero attached hydrogens (tertiary/aromatic N) is 5. The molecule has 3 rings (SSSR count). The third kappa shape index (κ3) is 4.90. The summed E-state index contributed by atoms with van der Waals surface area (Å²) in [5.74, 6) is 0.117. The molecule has 0 atom stereocenters. The fourth-order valence-corrected chi connectivity index (χ4v) is 2.79. The number of hydrogen-bond donors (Lipinski definition) is 2. The molecule has 0 radical (unpaired) electrons. The zero-order valence-electron chi connectivity index (χ0n) is 13.6. The quantitative estimate of drug-likeness (QED) is 0.337. The van der Waals surface area contributed by atoms with Crippen LogP contribution in [0.1, 0.15) is 0 Å². The number of guanidine groups is 1. The van der Waals surface area contributed by atoms with E-state index < -0.39 is 0 Å². The Morgan fingerprint density at radius 2 is 2.12 bits per heavy atom. The minimum atomic E-state index is -0.365. The molecule has 1 saturated heterocycles. The summed E-state index contributed by atoms with van der Waals surface area (Å²) in [6.45, 7) is 0.797. The van der Waals surface area contributed by atoms with E-state index in [1.54, 1.807) is 24.7 Å². The van der Waals surface area contributed by atoms with Crippen molar-refractivity contribution >= 4 is 23.7 Å². The number of hydrogen-bond acceptors (Lipinski definition) is 8. The molecule has 3 heterocycles. The van der Waals surface area contributed by atoms with Crippen molar-refractivity contribution in [2.45, 2.75) is 11.3 Å². The topological polar surface area (TPSA) is 125 Å². The highest BCUT2D eigenvalue weighted by molar-refractivity contribution is 7.99. The van der Waals surface area contributed by atoms with Gasteiger partial charge in [-0.2, -0.15) is 5.26 Å². The summed E-state index contributed by atoms with van der Waals surface area (Å²) < 4.78 is 5.36. The van der Waals surface area contributed by atoms with Crippen LogP contribution < -0.4 is 10.6 Å². The summed E-state index contributed by atoms with van der Waals surface area (Å²) in [6, 6.07) is 7.34. The second-order valence-electron chi connectivity index (χ2n) is 5.16. The number of esters is 1. The van der Waals surface area contributed by atoms with Crippen LogP contribution in [0.15, 0.2) is 46.8 Å². The van der Waals surface area contributed by atoms with Crippen LogP contribution in [0, 0.1) is 11.5 Å². The van der Waals surface area contributed by atoms with Gasteiger partial charge in [0.05, 0.1) is 30.2 Å². The highest BCUT2D eigenvalue weighted by Gasteiger charge is 2.20. The van der Waals surface area contributed by atoms with Gasteiger partial charge in [0, 0.05) is 12.4 Å². The smallest absolute Gasteiger partial charge is 0.316 e. The maximum Gasteiger partial charge on any atom is 0.316 e. The Labute approximate surface area is 153 Å². The predicted octanol–water partition coefficient (Wildman–Crippen LogP) is 0.572. The van der Waals surface area contributed by atoms with Crippen LogP contribution in [0.25, 0.3) is 11.4 Å². The Hall–Kier alpha value is -3.19. The highest BCUT2D eigenvalue weighted by atomic mass is 32.2. The lowest BCUT2D eigenvalue weighted by atomic mass is 10.3. The first-order valence-corrected chi connectivity index (χ1v) is 8.74. The summed E-state index contributed by atoms with van der Waals surface area (Å²) >= 11 is 1.20. The van der Waals surface area contributed by atoms with Crippen LogP contribution in [-0.2, 0) is 9.53 Å². The molecule has 9 nitrogen and oxygen atoms in total. The number of carbonyl (C=O) groups is 1. The van der Waals surface area contributed by atoms with Gasteiger partial charge < -0.3 is 15.4 Å². The van der Waals surface area contributed by atoms with Crippen LogP contribution >= 0.6 is 11.8 Å². The van der Waals surface area contributed by atoms with Crippen molar-refractivity contribution in [2.75, 3.05) is 18.8 Å². The fraction of sp³-hybridized carbons (Fsp3) is 0.250. The van der Waals surface area contributed by atoms with E-state index in [1.165, 1.54) is 11.8 Å². The summed E-state index contributed by atoms with van der Waals surface area (Å²) in [5, 5.41) is 14.7. The standard InChI is InChI=1S/C16H15N7O2S/c17-10-22-15-20-7-11(8-21-15)25-14(24)9-26-16-19-6-4-13(23-16)12-3-1-2-5-18-12/h1-6,11H,7-9H2,(H2,20,21,22). The van der Waals surface area contributed by atoms with Gasteiger partial charge in [0.1, 0.15) is 6.10 Å². The lowest BCUT2D eigenvalue weighted by molar-refractivity contribution is -0.145. The molecule has 132 valence electrons. The average Bonchev–Trinajstić information content (AvgIpc) is 2.69. The molecule has 10 heteroatoms. The van der Waals surface area contributed by atoms with Gasteiger partial charge in [0.2, 0.25) is 12.2 Å². The van der Waals surface area contributed by atoms with Crippen LogP contribution in [0.5, 0.6) is 0 Å². The molecule has 1 aliphatic heterocycles. The van der Waals surface area contributed by atoms with Crippen molar-refractivity contribution in [2.24, 2.45) is 4.99 Å². The third-order valence-corrected chi connectivity index (χ3v) is 4.17. The SMILES string of the molecule is N#CN=C1NCC(OC(=O)CSc2nccc(-c3ccccn3)n2)CN1. The van der Waals surface area contributed by atoms with Crippen LogP contribution in [0.2, 0.25) is 0 Å². The third-order valence-electron chi connectivity index (χ3n) is 3.33. The number of carbonyl (C=O) groups excluding carboxylic acids is 1. The van der Waals surface area contributed by atoms with E-state index in [2.05, 4.69) is 30.6 Å². The zero-order valence-corrected chi connectivity index (χ0v) is 14.4. The maximum absolute atomic E-state index is 12.0. The zero-order chi connectivity index (χ0) is 18.2. The molecule has 1 fully saturated rings. The average molecular weight is 369 g/mol. The molecule has 0 saturated carbocycles. The van der Waals surface area contributed by atoms with Gasteiger partial charge in [0.15, 0.2) is 5.16 Å². The van der Waals surface area contributed by atoms with Crippen molar-refractivity contribution in [1.82, 2.24) is 25.6 Å². The monoisotopic (exact) mass is 369 g/mol. The van der Waals surface area contributed by atoms with E-state index in [1.807, 2.05) is 18.2 Å². The second kappa shape index (κ2) is 8.77. The van der Waals surface area contributed by atoms with Gasteiger partial charge >= 0.3 is 5.97 Å². The molecule has 0 unspecified atom stereocenters. The van der Waals surface area contributed by atoms with Crippen molar-refractivity contribution in [1.29, 1.82) is 5.26 Å². The number of nitrogens with one attached hydrogen (secondary N) is 2. The molecule has 0 bridgehead atoms. The normalized spacial score (nSPS) is 16.0. The number of thioether (sulfide) groups is 1. The number of nitriles is 1. The van der Waals surface area contributed by atoms with Crippen molar-refractivity contribution in [3.05, 3.63) is 36.7 Å². The predicted molar refractivity (Wildman–Crippen MR) is 94.9 cm³/mol. The van der Waals surface area contributed by atoms with Gasteiger partial charge in [-0.05, 0) is 18.2 Å². The van der Waals surface area contributed by atoms with Crippen LogP contribution in [0.4, 0.5) is 0 Å². The Morgan fingerprint density at radius 3 is 2.85 bits per heavy atom. The Balaban J connectivity index is 1.49. The van der Waals surface area contributed by atoms with Crippen LogP contribution in [0.3, 0.4) is 0 Å². The Bertz CT molecular complexity index is 828. The molecule has 26 heavy (non-hydrogen) atoms. The van der Waals surface area contributed by atoms with Crippen molar-refractivity contribution < 1.29 is 9.53 Å². The van der Waals surface area contributed by atoms with E-state index in [0.717, 1.165) is 5.69 Å². The largest absolute Gasteiger partial charge is 0.458 e. The molecule has 0 spiro atoms. The lowest BCUT2D eigenvalue weighted by Gasteiger charge is -2.25. The van der Waals surface area contributed by atoms with E-state index in [-0.39, 0.29) is 17.8 Å². The number of ether oxygens (including phenoxy) is 1. The van der Waals surface area contributed by atoms with Crippen LogP contribution in [-0.4, -0.2) is 51.8 Å². The lowest BCUT2D eigenvalue weighted by Crippen LogP contribution is -2.53. The maximum atomic E-state index is 12.0. The molecule has 1 aliphatic rings. The highest BCUT2D eigenvalue weighted by Crippen LogP contribution is 2.18. The number of pyridine rings is 1. The van der Waals surface area contributed by atoms with E-state index >= 15 is 0 Å². The van der Waals surface area contributed by atoms with Crippen molar-refractivity contribution in [3.8, 4) is 17.6 Å². The summed E-state index contributed by atoms with van der Waals surface area (Å²) in [4.78, 5) is 28.3. The molecule has 0 amide bonds. The molecule has 2 aromatic rings. The van der Waals surface area contributed by atoms with Crippen molar-refractivity contribution in [3.63, 3.8) is 0 Å². The molecular weight excluding hydrogens is 354 g/mol. The fourth-order valence-electron chi connectivity index (χ4n) is 2.18. The number of aromatic nitrogens is 3. The summed E-state index contributed by atoms with van der Waals surface area (Å²) in [6.07, 6.45) is 4.68. The van der Waals surface area contributed by atoms with E-state index in [0.29, 0.717) is 29.9 Å². The Kier molecular flexibility index (Phi) is 5.95. The van der Waals surface area contributed by atoms with Gasteiger partial charge in [0.25, 0.3) is 0 Å². The molecular formula is C16H15N7O2S. The first-order chi connectivity index (χ1) is 12.7. The van der Waals surface area contributed by atoms with E-state index in [4.69, 9.17) is 10.00 Å². The first-order valence-electron chi connectivity index (χ1n) is 7.76. The van der Waals surface area contributed by atoms with Gasteiger partial charge in [-0.25, -0.2) is 9.97 Å². The van der Waals surface area contributed by atoms with Gasteiger partial charge in [-0.15, -0.1) is 4.99 Å². The molecule has 2 aromatic heterocycles. The minimum Gasteiger partial charge on any atom is -0.458 e.